The van der Waals surface area contributed by atoms with Gasteiger partial charge in [-0.1, -0.05) is 31.1 Å². The summed E-state index contributed by atoms with van der Waals surface area (Å²) in [5, 5.41) is 8.61. The lowest BCUT2D eigenvalue weighted by atomic mass is 9.90. The SMILES string of the molecule is OCC#Cc1ccc(OCC2CCCCC2)cc1. The zero-order valence-electron chi connectivity index (χ0n) is 10.7. The van der Waals surface area contributed by atoms with Gasteiger partial charge in [-0.25, -0.2) is 0 Å². The average molecular weight is 244 g/mol. The number of aliphatic hydroxyl groups is 1. The molecule has 0 bridgehead atoms. The molecule has 1 aliphatic carbocycles. The number of aliphatic hydroxyl groups excluding tert-OH is 1. The average Bonchev–Trinajstić information content (AvgIpc) is 2.45. The van der Waals surface area contributed by atoms with Crippen LogP contribution in [0.25, 0.3) is 0 Å². The van der Waals surface area contributed by atoms with Gasteiger partial charge in [-0.15, -0.1) is 0 Å². The summed E-state index contributed by atoms with van der Waals surface area (Å²) in [5.74, 6) is 7.15. The van der Waals surface area contributed by atoms with Crippen molar-refractivity contribution in [3.05, 3.63) is 29.8 Å². The Morgan fingerprint density at radius 3 is 2.50 bits per heavy atom. The fourth-order valence-electron chi connectivity index (χ4n) is 2.34. The number of ether oxygens (including phenoxy) is 1. The fraction of sp³-hybridized carbons (Fsp3) is 0.500. The van der Waals surface area contributed by atoms with Gasteiger partial charge in [0.25, 0.3) is 0 Å². The minimum Gasteiger partial charge on any atom is -0.493 e. The summed E-state index contributed by atoms with van der Waals surface area (Å²) in [7, 11) is 0. The van der Waals surface area contributed by atoms with Crippen LogP contribution in [0.1, 0.15) is 37.7 Å². The zero-order chi connectivity index (χ0) is 12.6. The smallest absolute Gasteiger partial charge is 0.119 e. The van der Waals surface area contributed by atoms with Crippen molar-refractivity contribution in [3.63, 3.8) is 0 Å². The van der Waals surface area contributed by atoms with Crippen LogP contribution >= 0.6 is 0 Å². The molecule has 96 valence electrons. The van der Waals surface area contributed by atoms with Crippen molar-refractivity contribution in [1.29, 1.82) is 0 Å². The molecule has 0 heterocycles. The Labute approximate surface area is 109 Å². The lowest BCUT2D eigenvalue weighted by Gasteiger charge is -2.21. The Balaban J connectivity index is 1.82. The van der Waals surface area contributed by atoms with E-state index in [9.17, 15) is 0 Å². The molecule has 0 aliphatic heterocycles. The maximum atomic E-state index is 8.61. The maximum absolute atomic E-state index is 8.61. The van der Waals surface area contributed by atoms with Gasteiger partial charge in [0.2, 0.25) is 0 Å². The quantitative estimate of drug-likeness (QED) is 0.828. The Hall–Kier alpha value is -1.46. The lowest BCUT2D eigenvalue weighted by molar-refractivity contribution is 0.209. The molecule has 0 atom stereocenters. The van der Waals surface area contributed by atoms with Gasteiger partial charge in [0.1, 0.15) is 12.4 Å². The molecular formula is C16H20O2. The topological polar surface area (TPSA) is 29.5 Å². The van der Waals surface area contributed by atoms with Crippen LogP contribution in [0, 0.1) is 17.8 Å². The van der Waals surface area contributed by atoms with Crippen molar-refractivity contribution < 1.29 is 9.84 Å². The summed E-state index contributed by atoms with van der Waals surface area (Å²) in [6, 6.07) is 7.76. The Morgan fingerprint density at radius 2 is 1.83 bits per heavy atom. The Kier molecular flexibility index (Phi) is 5.11. The summed E-state index contributed by atoms with van der Waals surface area (Å²) in [6.07, 6.45) is 6.70. The van der Waals surface area contributed by atoms with E-state index in [1.54, 1.807) is 0 Å². The molecule has 18 heavy (non-hydrogen) atoms. The molecule has 0 aromatic heterocycles. The summed E-state index contributed by atoms with van der Waals surface area (Å²) < 4.78 is 5.81. The molecule has 0 saturated heterocycles. The second-order valence-corrected chi connectivity index (χ2v) is 4.80. The van der Waals surface area contributed by atoms with Crippen molar-refractivity contribution in [2.75, 3.05) is 13.2 Å². The van der Waals surface area contributed by atoms with E-state index in [0.29, 0.717) is 0 Å². The Bertz CT molecular complexity index is 405. The third-order valence-electron chi connectivity index (χ3n) is 3.38. The second-order valence-electron chi connectivity index (χ2n) is 4.80. The van der Waals surface area contributed by atoms with Crippen molar-refractivity contribution in [2.45, 2.75) is 32.1 Å². The molecule has 0 spiro atoms. The first-order valence-corrected chi connectivity index (χ1v) is 6.71. The molecule has 1 N–H and O–H groups in total. The van der Waals surface area contributed by atoms with E-state index in [2.05, 4.69) is 11.8 Å². The van der Waals surface area contributed by atoms with Crippen molar-refractivity contribution in [3.8, 4) is 17.6 Å². The van der Waals surface area contributed by atoms with Crippen LogP contribution in [-0.4, -0.2) is 18.3 Å². The lowest BCUT2D eigenvalue weighted by Crippen LogP contribution is -2.15. The third-order valence-corrected chi connectivity index (χ3v) is 3.38. The molecule has 0 radical (unpaired) electrons. The molecule has 1 aliphatic rings. The highest BCUT2D eigenvalue weighted by Crippen LogP contribution is 2.24. The summed E-state index contributed by atoms with van der Waals surface area (Å²) in [4.78, 5) is 0. The van der Waals surface area contributed by atoms with Gasteiger partial charge < -0.3 is 9.84 Å². The molecule has 1 aromatic carbocycles. The summed E-state index contributed by atoms with van der Waals surface area (Å²) in [6.45, 7) is 0.738. The predicted molar refractivity (Wildman–Crippen MR) is 72.5 cm³/mol. The first-order valence-electron chi connectivity index (χ1n) is 6.71. The standard InChI is InChI=1S/C16H20O2/c17-12-4-7-14-8-10-16(11-9-14)18-13-15-5-2-1-3-6-15/h8-11,15,17H,1-3,5-6,12-13H2. The van der Waals surface area contributed by atoms with Crippen molar-refractivity contribution in [2.24, 2.45) is 5.92 Å². The van der Waals surface area contributed by atoms with Crippen LogP contribution < -0.4 is 4.74 Å². The molecule has 2 nitrogen and oxygen atoms in total. The van der Waals surface area contributed by atoms with Crippen LogP contribution in [0.3, 0.4) is 0 Å². The van der Waals surface area contributed by atoms with Gasteiger partial charge in [-0.2, -0.15) is 0 Å². The molecule has 1 saturated carbocycles. The van der Waals surface area contributed by atoms with E-state index in [-0.39, 0.29) is 6.61 Å². The maximum Gasteiger partial charge on any atom is 0.119 e. The van der Waals surface area contributed by atoms with Crippen LogP contribution in [-0.2, 0) is 0 Å². The number of hydrogen-bond donors (Lipinski definition) is 1. The van der Waals surface area contributed by atoms with Gasteiger partial charge >= 0.3 is 0 Å². The highest BCUT2D eigenvalue weighted by molar-refractivity contribution is 5.38. The second kappa shape index (κ2) is 7.08. The molecular weight excluding hydrogens is 224 g/mol. The van der Waals surface area contributed by atoms with Crippen molar-refractivity contribution in [1.82, 2.24) is 0 Å². The predicted octanol–water partition coefficient (Wildman–Crippen LogP) is 2.99. The zero-order valence-corrected chi connectivity index (χ0v) is 10.7. The van der Waals surface area contributed by atoms with Gasteiger partial charge in [0.15, 0.2) is 0 Å². The minimum absolute atomic E-state index is 0.0973. The number of benzene rings is 1. The largest absolute Gasteiger partial charge is 0.493 e. The van der Waals surface area contributed by atoms with E-state index in [0.717, 1.165) is 23.8 Å². The molecule has 0 amide bonds. The van der Waals surface area contributed by atoms with E-state index < -0.39 is 0 Å². The summed E-state index contributed by atoms with van der Waals surface area (Å²) >= 11 is 0. The van der Waals surface area contributed by atoms with E-state index in [4.69, 9.17) is 9.84 Å². The van der Waals surface area contributed by atoms with Crippen LogP contribution in [0.15, 0.2) is 24.3 Å². The molecule has 1 aromatic rings. The Morgan fingerprint density at radius 1 is 1.11 bits per heavy atom. The van der Waals surface area contributed by atoms with E-state index >= 15 is 0 Å². The van der Waals surface area contributed by atoms with E-state index in [1.807, 2.05) is 24.3 Å². The molecule has 0 unspecified atom stereocenters. The van der Waals surface area contributed by atoms with E-state index in [1.165, 1.54) is 32.1 Å². The van der Waals surface area contributed by atoms with Gasteiger partial charge in [-0.05, 0) is 43.0 Å². The fourth-order valence-corrected chi connectivity index (χ4v) is 2.34. The highest BCUT2D eigenvalue weighted by atomic mass is 16.5. The van der Waals surface area contributed by atoms with Gasteiger partial charge in [0, 0.05) is 5.56 Å². The highest BCUT2D eigenvalue weighted by Gasteiger charge is 2.13. The summed E-state index contributed by atoms with van der Waals surface area (Å²) in [5.41, 5.74) is 0.911. The third kappa shape index (κ3) is 4.09. The van der Waals surface area contributed by atoms with Crippen LogP contribution in [0.2, 0.25) is 0 Å². The molecule has 2 rings (SSSR count). The molecule has 2 heteroatoms. The van der Waals surface area contributed by atoms with Crippen molar-refractivity contribution >= 4 is 0 Å². The minimum atomic E-state index is -0.0973. The molecule has 1 fully saturated rings. The van der Waals surface area contributed by atoms with Crippen LogP contribution in [0.5, 0.6) is 5.75 Å². The number of hydrogen-bond acceptors (Lipinski definition) is 2. The van der Waals surface area contributed by atoms with Gasteiger partial charge in [-0.3, -0.25) is 0 Å². The normalized spacial score (nSPS) is 15.8. The monoisotopic (exact) mass is 244 g/mol. The first-order chi connectivity index (χ1) is 8.88. The van der Waals surface area contributed by atoms with Crippen LogP contribution in [0.4, 0.5) is 0 Å². The number of rotatable bonds is 3. The van der Waals surface area contributed by atoms with Gasteiger partial charge in [0.05, 0.1) is 6.61 Å². The first kappa shape index (κ1) is 13.0.